The molecule has 3 aromatic carbocycles. The second kappa shape index (κ2) is 6.38. The number of benzene rings is 3. The molecule has 166 valence electrons. The third-order valence-electron chi connectivity index (χ3n) is 9.02. The number of rotatable bonds is 0. The van der Waals surface area contributed by atoms with Crippen LogP contribution in [0.25, 0.3) is 16.7 Å². The van der Waals surface area contributed by atoms with Gasteiger partial charge < -0.3 is 0 Å². The summed E-state index contributed by atoms with van der Waals surface area (Å²) in [7, 11) is 0. The van der Waals surface area contributed by atoms with Gasteiger partial charge in [0.2, 0.25) is 0 Å². The van der Waals surface area contributed by atoms with Crippen molar-refractivity contribution in [3.8, 4) is 11.1 Å². The van der Waals surface area contributed by atoms with Gasteiger partial charge in [0.1, 0.15) is 0 Å². The lowest BCUT2D eigenvalue weighted by Crippen LogP contribution is -2.47. The van der Waals surface area contributed by atoms with Crippen LogP contribution in [0.2, 0.25) is 0 Å². The molecule has 0 radical (unpaired) electrons. The Morgan fingerprint density at radius 1 is 0.576 bits per heavy atom. The molecule has 3 aliphatic carbocycles. The van der Waals surface area contributed by atoms with Gasteiger partial charge in [-0.2, -0.15) is 0 Å². The molecule has 33 heavy (non-hydrogen) atoms. The molecule has 3 aromatic rings. The van der Waals surface area contributed by atoms with Crippen LogP contribution in [0.4, 0.5) is 0 Å². The van der Waals surface area contributed by atoms with Crippen LogP contribution in [0, 0.1) is 16.2 Å². The lowest BCUT2D eigenvalue weighted by atomic mass is 9.49. The zero-order chi connectivity index (χ0) is 23.2. The number of hydrogen-bond acceptors (Lipinski definition) is 0. The highest BCUT2D eigenvalue weighted by atomic mass is 14.6. The summed E-state index contributed by atoms with van der Waals surface area (Å²) in [5.74, 6) is 0. The highest BCUT2D eigenvalue weighted by molar-refractivity contribution is 5.97. The fraction of sp³-hybridized carbons (Fsp3) is 0.333. The number of hydrogen-bond donors (Lipinski definition) is 0. The molecule has 0 bridgehead atoms. The van der Waals surface area contributed by atoms with Crippen molar-refractivity contribution in [3.63, 3.8) is 0 Å². The Morgan fingerprint density at radius 2 is 1.00 bits per heavy atom. The van der Waals surface area contributed by atoms with Crippen LogP contribution in [0.5, 0.6) is 0 Å². The summed E-state index contributed by atoms with van der Waals surface area (Å²) in [6.07, 6.45) is 6.12. The average Bonchev–Trinajstić information content (AvgIpc) is 3.24. The molecule has 0 saturated carbocycles. The Bertz CT molecular complexity index is 1290. The van der Waals surface area contributed by atoms with Crippen LogP contribution >= 0.6 is 0 Å². The first-order valence-electron chi connectivity index (χ1n) is 12.3. The zero-order valence-corrected chi connectivity index (χ0v) is 20.8. The quantitative estimate of drug-likeness (QED) is 0.334. The monoisotopic (exact) mass is 430 g/mol. The molecular weight excluding hydrogens is 396 g/mol. The van der Waals surface area contributed by atoms with E-state index in [1.54, 1.807) is 5.57 Å². The van der Waals surface area contributed by atoms with E-state index < -0.39 is 0 Å². The van der Waals surface area contributed by atoms with Crippen molar-refractivity contribution in [1.29, 1.82) is 0 Å². The van der Waals surface area contributed by atoms with Crippen molar-refractivity contribution in [2.24, 2.45) is 16.2 Å². The van der Waals surface area contributed by atoms with E-state index in [4.69, 9.17) is 0 Å². The second-order valence-corrected chi connectivity index (χ2v) is 12.3. The van der Waals surface area contributed by atoms with E-state index >= 15 is 0 Å². The van der Waals surface area contributed by atoms with Crippen LogP contribution in [0.3, 0.4) is 0 Å². The molecule has 0 amide bonds. The summed E-state index contributed by atoms with van der Waals surface area (Å²) in [6.45, 7) is 14.6. The molecule has 0 N–H and O–H groups in total. The van der Waals surface area contributed by atoms with Crippen LogP contribution < -0.4 is 0 Å². The summed E-state index contributed by atoms with van der Waals surface area (Å²) >= 11 is 0. The van der Waals surface area contributed by atoms with Gasteiger partial charge in [-0.3, -0.25) is 0 Å². The van der Waals surface area contributed by atoms with Crippen molar-refractivity contribution >= 4 is 5.57 Å². The van der Waals surface area contributed by atoms with E-state index in [1.165, 1.54) is 39.0 Å². The third-order valence-corrected chi connectivity index (χ3v) is 9.02. The van der Waals surface area contributed by atoms with E-state index in [9.17, 15) is 0 Å². The normalized spacial score (nSPS) is 19.3. The number of allylic oxidation sites excluding steroid dienone is 4. The molecular formula is C33H34. The minimum absolute atomic E-state index is 0.0559. The second-order valence-electron chi connectivity index (χ2n) is 12.3. The van der Waals surface area contributed by atoms with Crippen molar-refractivity contribution < 1.29 is 0 Å². The largest absolute Gasteiger partial charge is 0.0763 e. The molecule has 0 unspecified atom stereocenters. The smallest absolute Gasteiger partial charge is 0.0688 e. The molecule has 0 nitrogen and oxygen atoms in total. The summed E-state index contributed by atoms with van der Waals surface area (Å²) in [4.78, 5) is 0. The molecule has 0 heteroatoms. The fourth-order valence-corrected chi connectivity index (χ4v) is 7.56. The van der Waals surface area contributed by atoms with Gasteiger partial charge in [-0.25, -0.2) is 0 Å². The Hall–Kier alpha value is -2.86. The van der Waals surface area contributed by atoms with Crippen molar-refractivity contribution in [2.75, 3.05) is 0 Å². The van der Waals surface area contributed by atoms with Gasteiger partial charge in [0.25, 0.3) is 0 Å². The summed E-state index contributed by atoms with van der Waals surface area (Å²) in [5, 5.41) is 0. The van der Waals surface area contributed by atoms with Gasteiger partial charge in [0.05, 0.1) is 5.41 Å². The van der Waals surface area contributed by atoms with E-state index in [-0.39, 0.29) is 21.7 Å². The van der Waals surface area contributed by atoms with Crippen LogP contribution in [-0.4, -0.2) is 0 Å². The molecule has 0 saturated heterocycles. The molecule has 0 atom stereocenters. The minimum Gasteiger partial charge on any atom is -0.0763 e. The maximum Gasteiger partial charge on any atom is 0.0688 e. The predicted octanol–water partition coefficient (Wildman–Crippen LogP) is 8.81. The van der Waals surface area contributed by atoms with E-state index in [2.05, 4.69) is 126 Å². The van der Waals surface area contributed by atoms with Gasteiger partial charge in [-0.15, -0.1) is 0 Å². The number of fused-ring (bicyclic) bond motifs is 9. The Kier molecular flexibility index (Phi) is 4.01. The van der Waals surface area contributed by atoms with Crippen LogP contribution in [0.1, 0.15) is 70.2 Å². The molecule has 0 aromatic heterocycles. The first-order valence-corrected chi connectivity index (χ1v) is 12.3. The molecule has 3 aliphatic rings. The Balaban J connectivity index is 1.73. The van der Waals surface area contributed by atoms with Gasteiger partial charge in [-0.05, 0) is 61.8 Å². The van der Waals surface area contributed by atoms with Crippen LogP contribution in [0.15, 0.2) is 90.5 Å². The summed E-state index contributed by atoms with van der Waals surface area (Å²) in [5.41, 5.74) is 11.7. The highest BCUT2D eigenvalue weighted by Gasteiger charge is 2.58. The maximum atomic E-state index is 2.56. The predicted molar refractivity (Wildman–Crippen MR) is 140 cm³/mol. The molecule has 0 heterocycles. The van der Waals surface area contributed by atoms with Gasteiger partial charge in [0, 0.05) is 5.41 Å². The molecule has 0 fully saturated rings. The van der Waals surface area contributed by atoms with E-state index in [0.717, 1.165) is 6.42 Å². The Morgan fingerprint density at radius 3 is 1.48 bits per heavy atom. The first kappa shape index (κ1) is 20.7. The SMILES string of the molecule is CC(C)(C)C1(C(C)(C)C)C=CC2=C(C1)C1(c3ccccc32)c2ccccc2-c2ccccc21. The third kappa shape index (κ3) is 2.37. The summed E-state index contributed by atoms with van der Waals surface area (Å²) < 4.78 is 0. The fourth-order valence-electron chi connectivity index (χ4n) is 7.56. The van der Waals surface area contributed by atoms with Gasteiger partial charge in [-0.1, -0.05) is 126 Å². The standard InChI is InChI=1S/C33H34/c1-30(2,3)32(31(4,5)6)20-19-25-24-15-9-12-18-28(24)33(29(25)21-32)26-16-10-7-13-22(26)23-14-8-11-17-27(23)33/h7-20H,21H2,1-6H3. The van der Waals surface area contributed by atoms with E-state index in [0.29, 0.717) is 0 Å². The lowest BCUT2D eigenvalue weighted by Gasteiger charge is -2.55. The van der Waals surface area contributed by atoms with Crippen LogP contribution in [-0.2, 0) is 5.41 Å². The maximum absolute atomic E-state index is 2.56. The van der Waals surface area contributed by atoms with Crippen molar-refractivity contribution in [3.05, 3.63) is 113 Å². The van der Waals surface area contributed by atoms with Gasteiger partial charge in [0.15, 0.2) is 0 Å². The Labute approximate surface area is 199 Å². The first-order chi connectivity index (χ1) is 15.6. The van der Waals surface area contributed by atoms with Crippen molar-refractivity contribution in [1.82, 2.24) is 0 Å². The summed E-state index contributed by atoms with van der Waals surface area (Å²) in [6, 6.07) is 27.4. The highest BCUT2D eigenvalue weighted by Crippen LogP contribution is 2.68. The minimum atomic E-state index is -0.203. The average molecular weight is 431 g/mol. The molecule has 1 spiro atoms. The van der Waals surface area contributed by atoms with Gasteiger partial charge >= 0.3 is 0 Å². The molecule has 6 rings (SSSR count). The zero-order valence-electron chi connectivity index (χ0n) is 20.8. The molecule has 0 aliphatic heterocycles. The van der Waals surface area contributed by atoms with Crippen molar-refractivity contribution in [2.45, 2.75) is 53.4 Å². The van der Waals surface area contributed by atoms with E-state index in [1.807, 2.05) is 0 Å². The topological polar surface area (TPSA) is 0 Å². The lowest BCUT2D eigenvalue weighted by molar-refractivity contribution is 0.0151.